The predicted octanol–water partition coefficient (Wildman–Crippen LogP) is 2.76. The third-order valence-corrected chi connectivity index (χ3v) is 4.45. The molecule has 1 aliphatic heterocycles. The van der Waals surface area contributed by atoms with E-state index in [1.54, 1.807) is 0 Å². The van der Waals surface area contributed by atoms with E-state index in [1.165, 1.54) is 29.4 Å². The molecule has 21 heavy (non-hydrogen) atoms. The van der Waals surface area contributed by atoms with E-state index in [4.69, 9.17) is 9.84 Å². The molecule has 2 atom stereocenters. The average molecular weight is 287 g/mol. The standard InChI is InChI=1S/C17H25N3O/c1-3-20-17-9-5-4-8-15(17)16(19-20)12-13(18-2)11-14-7-6-10-21-14/h4-5,8-9,13-14,18H,3,6-7,10-12H2,1-2H3. The molecular weight excluding hydrogens is 262 g/mol. The maximum atomic E-state index is 5.77. The third-order valence-electron chi connectivity index (χ3n) is 4.45. The molecule has 2 heterocycles. The van der Waals surface area contributed by atoms with Crippen LogP contribution in [0.4, 0.5) is 0 Å². The fourth-order valence-electron chi connectivity index (χ4n) is 3.27. The molecule has 1 N–H and O–H groups in total. The molecular formula is C17H25N3O. The molecule has 4 heteroatoms. The molecule has 2 aromatic rings. The molecule has 114 valence electrons. The highest BCUT2D eigenvalue weighted by molar-refractivity contribution is 5.82. The fraction of sp³-hybridized carbons (Fsp3) is 0.588. The monoisotopic (exact) mass is 287 g/mol. The minimum Gasteiger partial charge on any atom is -0.378 e. The highest BCUT2D eigenvalue weighted by Gasteiger charge is 2.21. The van der Waals surface area contributed by atoms with Crippen molar-refractivity contribution in [3.8, 4) is 0 Å². The first-order valence-corrected chi connectivity index (χ1v) is 8.05. The van der Waals surface area contributed by atoms with Gasteiger partial charge in [0.2, 0.25) is 0 Å². The zero-order valence-corrected chi connectivity index (χ0v) is 13.0. The summed E-state index contributed by atoms with van der Waals surface area (Å²) in [5, 5.41) is 9.53. The smallest absolute Gasteiger partial charge is 0.0718 e. The van der Waals surface area contributed by atoms with E-state index in [-0.39, 0.29) is 0 Å². The number of rotatable bonds is 6. The number of aryl methyl sites for hydroxylation is 1. The Bertz CT molecular complexity index is 587. The molecule has 1 aromatic heterocycles. The molecule has 0 amide bonds. The first-order chi connectivity index (χ1) is 10.3. The topological polar surface area (TPSA) is 39.1 Å². The van der Waals surface area contributed by atoms with Crippen LogP contribution in [0, 0.1) is 0 Å². The van der Waals surface area contributed by atoms with Crippen LogP contribution in [0.1, 0.15) is 31.9 Å². The van der Waals surface area contributed by atoms with E-state index in [2.05, 4.69) is 41.2 Å². The molecule has 3 rings (SSSR count). The maximum Gasteiger partial charge on any atom is 0.0718 e. The second-order valence-electron chi connectivity index (χ2n) is 5.84. The minimum atomic E-state index is 0.418. The van der Waals surface area contributed by atoms with Crippen molar-refractivity contribution in [3.05, 3.63) is 30.0 Å². The van der Waals surface area contributed by atoms with Crippen molar-refractivity contribution in [2.24, 2.45) is 0 Å². The van der Waals surface area contributed by atoms with Gasteiger partial charge in [-0.1, -0.05) is 18.2 Å². The second kappa shape index (κ2) is 6.58. The van der Waals surface area contributed by atoms with Crippen LogP contribution in [-0.2, 0) is 17.7 Å². The van der Waals surface area contributed by atoms with Gasteiger partial charge in [-0.05, 0) is 39.3 Å². The van der Waals surface area contributed by atoms with Crippen molar-refractivity contribution in [1.29, 1.82) is 0 Å². The summed E-state index contributed by atoms with van der Waals surface area (Å²) in [6, 6.07) is 8.95. The molecule has 4 nitrogen and oxygen atoms in total. The second-order valence-corrected chi connectivity index (χ2v) is 5.84. The van der Waals surface area contributed by atoms with Gasteiger partial charge >= 0.3 is 0 Å². The molecule has 0 aliphatic carbocycles. The Labute approximate surface area is 126 Å². The molecule has 1 aromatic carbocycles. The number of nitrogens with zero attached hydrogens (tertiary/aromatic N) is 2. The Morgan fingerprint density at radius 2 is 2.29 bits per heavy atom. The summed E-state index contributed by atoms with van der Waals surface area (Å²) < 4.78 is 7.87. The highest BCUT2D eigenvalue weighted by atomic mass is 16.5. The van der Waals surface area contributed by atoms with Gasteiger partial charge in [0.05, 0.1) is 17.3 Å². The van der Waals surface area contributed by atoms with Gasteiger partial charge < -0.3 is 10.1 Å². The molecule has 1 aliphatic rings. The number of ether oxygens (including phenoxy) is 1. The Morgan fingerprint density at radius 3 is 3.00 bits per heavy atom. The van der Waals surface area contributed by atoms with Crippen molar-refractivity contribution in [3.63, 3.8) is 0 Å². The van der Waals surface area contributed by atoms with Gasteiger partial charge in [-0.15, -0.1) is 0 Å². The van der Waals surface area contributed by atoms with E-state index in [9.17, 15) is 0 Å². The molecule has 2 unspecified atom stereocenters. The minimum absolute atomic E-state index is 0.418. The number of aromatic nitrogens is 2. The molecule has 1 saturated heterocycles. The summed E-state index contributed by atoms with van der Waals surface area (Å²) in [5.74, 6) is 0. The number of benzene rings is 1. The largest absolute Gasteiger partial charge is 0.378 e. The fourth-order valence-corrected chi connectivity index (χ4v) is 3.27. The van der Waals surface area contributed by atoms with Gasteiger partial charge in [-0.25, -0.2) is 0 Å². The average Bonchev–Trinajstić information content (AvgIpc) is 3.14. The van der Waals surface area contributed by atoms with Gasteiger partial charge in [0, 0.05) is 31.0 Å². The summed E-state index contributed by atoms with van der Waals surface area (Å²) >= 11 is 0. The summed E-state index contributed by atoms with van der Waals surface area (Å²) in [7, 11) is 2.04. The van der Waals surface area contributed by atoms with E-state index in [0.29, 0.717) is 12.1 Å². The predicted molar refractivity (Wildman–Crippen MR) is 85.5 cm³/mol. The number of hydrogen-bond donors (Lipinski definition) is 1. The van der Waals surface area contributed by atoms with Crippen LogP contribution in [0.15, 0.2) is 24.3 Å². The Morgan fingerprint density at radius 1 is 1.43 bits per heavy atom. The number of nitrogens with one attached hydrogen (secondary N) is 1. The number of likely N-dealkylation sites (N-methyl/N-ethyl adjacent to an activating group) is 1. The molecule has 0 spiro atoms. The highest BCUT2D eigenvalue weighted by Crippen LogP contribution is 2.22. The van der Waals surface area contributed by atoms with E-state index in [0.717, 1.165) is 26.0 Å². The summed E-state index contributed by atoms with van der Waals surface area (Å²) in [6.07, 6.45) is 4.85. The molecule has 0 bridgehead atoms. The number of hydrogen-bond acceptors (Lipinski definition) is 3. The molecule has 1 fully saturated rings. The summed E-state index contributed by atoms with van der Waals surface area (Å²) in [4.78, 5) is 0. The van der Waals surface area contributed by atoms with Gasteiger partial charge in [0.15, 0.2) is 0 Å². The van der Waals surface area contributed by atoms with Crippen molar-refractivity contribution in [2.45, 2.75) is 51.3 Å². The normalized spacial score (nSPS) is 20.2. The SMILES string of the molecule is CCn1nc(CC(CC2CCCO2)NC)c2ccccc21. The maximum absolute atomic E-state index is 5.77. The van der Waals surface area contributed by atoms with Crippen LogP contribution in [0.3, 0.4) is 0 Å². The molecule has 0 radical (unpaired) electrons. The van der Waals surface area contributed by atoms with Crippen LogP contribution in [0.2, 0.25) is 0 Å². The van der Waals surface area contributed by atoms with Crippen LogP contribution in [-0.4, -0.2) is 35.6 Å². The van der Waals surface area contributed by atoms with Gasteiger partial charge in [-0.2, -0.15) is 5.10 Å². The van der Waals surface area contributed by atoms with Gasteiger partial charge in [-0.3, -0.25) is 4.68 Å². The van der Waals surface area contributed by atoms with Crippen LogP contribution in [0.5, 0.6) is 0 Å². The zero-order valence-electron chi connectivity index (χ0n) is 13.0. The van der Waals surface area contributed by atoms with Crippen molar-refractivity contribution in [1.82, 2.24) is 15.1 Å². The van der Waals surface area contributed by atoms with E-state index < -0.39 is 0 Å². The third kappa shape index (κ3) is 3.11. The lowest BCUT2D eigenvalue weighted by Gasteiger charge is -2.19. The lowest BCUT2D eigenvalue weighted by Crippen LogP contribution is -2.32. The van der Waals surface area contributed by atoms with Crippen molar-refractivity contribution < 1.29 is 4.74 Å². The molecule has 0 saturated carbocycles. The first-order valence-electron chi connectivity index (χ1n) is 8.05. The Balaban J connectivity index is 1.79. The number of para-hydroxylation sites is 1. The van der Waals surface area contributed by atoms with Gasteiger partial charge in [0.25, 0.3) is 0 Å². The van der Waals surface area contributed by atoms with Crippen molar-refractivity contribution >= 4 is 10.9 Å². The first kappa shape index (κ1) is 14.5. The summed E-state index contributed by atoms with van der Waals surface area (Å²) in [6.45, 7) is 3.98. The Kier molecular flexibility index (Phi) is 4.56. The lowest BCUT2D eigenvalue weighted by molar-refractivity contribution is 0.0953. The summed E-state index contributed by atoms with van der Waals surface area (Å²) in [5.41, 5.74) is 2.44. The Hall–Kier alpha value is -1.39. The van der Waals surface area contributed by atoms with E-state index in [1.807, 2.05) is 7.05 Å². The zero-order chi connectivity index (χ0) is 14.7. The van der Waals surface area contributed by atoms with E-state index >= 15 is 0 Å². The van der Waals surface area contributed by atoms with Crippen LogP contribution in [0.25, 0.3) is 10.9 Å². The number of fused-ring (bicyclic) bond motifs is 1. The van der Waals surface area contributed by atoms with Gasteiger partial charge in [0.1, 0.15) is 0 Å². The van der Waals surface area contributed by atoms with Crippen LogP contribution < -0.4 is 5.32 Å². The van der Waals surface area contributed by atoms with Crippen LogP contribution >= 0.6 is 0 Å². The lowest BCUT2D eigenvalue weighted by atomic mass is 10.0. The van der Waals surface area contributed by atoms with Crippen molar-refractivity contribution in [2.75, 3.05) is 13.7 Å². The quantitative estimate of drug-likeness (QED) is 0.888.